The van der Waals surface area contributed by atoms with E-state index in [4.69, 9.17) is 4.74 Å². The van der Waals surface area contributed by atoms with E-state index in [-0.39, 0.29) is 6.29 Å². The molecule has 0 bridgehead atoms. The summed E-state index contributed by atoms with van der Waals surface area (Å²) in [7, 11) is 0. The Morgan fingerprint density at radius 1 is 1.32 bits per heavy atom. The van der Waals surface area contributed by atoms with Crippen LogP contribution in [-0.2, 0) is 4.74 Å². The molecule has 0 unspecified atom stereocenters. The number of benzene rings is 1. The molecule has 7 heteroatoms. The molecule has 1 aliphatic rings. The van der Waals surface area contributed by atoms with Gasteiger partial charge in [-0.25, -0.2) is 19.8 Å². The first-order valence-corrected chi connectivity index (χ1v) is 8.17. The number of nitrogens with one attached hydrogen (secondary N) is 2. The Morgan fingerprint density at radius 2 is 2.12 bits per heavy atom. The van der Waals surface area contributed by atoms with Crippen molar-refractivity contribution in [2.75, 3.05) is 17.2 Å². The highest BCUT2D eigenvalue weighted by Gasteiger charge is 2.19. The number of aromatic nitrogens is 2. The largest absolute Gasteiger partial charge is 0.462 e. The summed E-state index contributed by atoms with van der Waals surface area (Å²) in [5.74, 6) is -0.0173. The summed E-state index contributed by atoms with van der Waals surface area (Å²) in [6, 6.07) is 6.20. The van der Waals surface area contributed by atoms with Crippen molar-refractivity contribution in [1.29, 1.82) is 0 Å². The van der Waals surface area contributed by atoms with Gasteiger partial charge >= 0.3 is 5.97 Å². The minimum atomic E-state index is -0.416. The van der Waals surface area contributed by atoms with Crippen LogP contribution >= 0.6 is 0 Å². The number of anilines is 2. The first-order chi connectivity index (χ1) is 12.0. The smallest absolute Gasteiger partial charge is 0.341 e. The van der Waals surface area contributed by atoms with Gasteiger partial charge in [0, 0.05) is 23.2 Å². The number of aliphatic imine (C=N–C) groups is 1. The minimum Gasteiger partial charge on any atom is -0.462 e. The van der Waals surface area contributed by atoms with Crippen LogP contribution in [0.15, 0.2) is 29.4 Å². The van der Waals surface area contributed by atoms with Crippen LogP contribution in [0, 0.1) is 13.8 Å². The number of carbonyl (C=O) groups is 1. The van der Waals surface area contributed by atoms with Crippen LogP contribution in [0.1, 0.15) is 41.0 Å². The highest BCUT2D eigenvalue weighted by molar-refractivity contribution is 6.05. The van der Waals surface area contributed by atoms with Crippen LogP contribution in [-0.4, -0.2) is 34.5 Å². The van der Waals surface area contributed by atoms with Crippen molar-refractivity contribution in [2.24, 2.45) is 4.99 Å². The number of hydrogen-bond acceptors (Lipinski definition) is 7. The van der Waals surface area contributed by atoms with Crippen LogP contribution in [0.4, 0.5) is 11.6 Å². The van der Waals surface area contributed by atoms with Gasteiger partial charge in [-0.05, 0) is 39.3 Å². The second-order valence-corrected chi connectivity index (χ2v) is 5.87. The molecule has 0 saturated carbocycles. The maximum absolute atomic E-state index is 11.8. The number of fused-ring (bicyclic) bond motifs is 1. The van der Waals surface area contributed by atoms with E-state index in [0.29, 0.717) is 23.8 Å². The molecule has 1 aliphatic heterocycles. The van der Waals surface area contributed by atoms with Gasteiger partial charge in [0.05, 0.1) is 17.9 Å². The molecule has 0 saturated heterocycles. The topological polar surface area (TPSA) is 88.5 Å². The van der Waals surface area contributed by atoms with Crippen LogP contribution in [0.2, 0.25) is 0 Å². The zero-order valence-electron chi connectivity index (χ0n) is 14.8. The third-order valence-electron chi connectivity index (χ3n) is 3.92. The van der Waals surface area contributed by atoms with Gasteiger partial charge in [-0.3, -0.25) is 0 Å². The standard InChI is InChI=1S/C18H21N5O2/c1-5-25-16(24)14-9-19-17(20-12(14)4)23-18-21-11(3)13-7-6-10(2)8-15(13)22-18/h6-9,18,22H,5H2,1-4H3,(H,19,20,23)/t18-/m0/s1. The number of ether oxygens (including phenoxy) is 1. The van der Waals surface area contributed by atoms with Crippen molar-refractivity contribution < 1.29 is 9.53 Å². The van der Waals surface area contributed by atoms with E-state index in [1.807, 2.05) is 13.8 Å². The lowest BCUT2D eigenvalue weighted by Gasteiger charge is -2.25. The van der Waals surface area contributed by atoms with E-state index < -0.39 is 5.97 Å². The van der Waals surface area contributed by atoms with Crippen molar-refractivity contribution in [1.82, 2.24) is 9.97 Å². The second kappa shape index (κ2) is 6.88. The van der Waals surface area contributed by atoms with E-state index in [2.05, 4.69) is 43.8 Å². The molecule has 2 N–H and O–H groups in total. The second-order valence-electron chi connectivity index (χ2n) is 5.87. The number of esters is 1. The van der Waals surface area contributed by atoms with Gasteiger partial charge in [-0.2, -0.15) is 0 Å². The van der Waals surface area contributed by atoms with Gasteiger partial charge in [0.15, 0.2) is 6.29 Å². The summed E-state index contributed by atoms with van der Waals surface area (Å²) in [4.78, 5) is 25.0. The molecule has 2 heterocycles. The summed E-state index contributed by atoms with van der Waals surface area (Å²) in [5.41, 5.74) is 5.13. The SMILES string of the molecule is CCOC(=O)c1cnc(N[C@H]2N=C(C)c3ccc(C)cc3N2)nc1C. The fraction of sp³-hybridized carbons (Fsp3) is 0.333. The third-order valence-corrected chi connectivity index (χ3v) is 3.92. The number of rotatable bonds is 4. The third kappa shape index (κ3) is 3.60. The molecule has 1 atom stereocenters. The molecule has 1 aromatic carbocycles. The number of aryl methyl sites for hydroxylation is 2. The van der Waals surface area contributed by atoms with E-state index in [1.165, 1.54) is 11.8 Å². The number of hydrogen-bond donors (Lipinski definition) is 2. The molecule has 0 fully saturated rings. The summed E-state index contributed by atoms with van der Waals surface area (Å²) < 4.78 is 4.99. The Bertz CT molecular complexity index is 847. The number of nitrogens with zero attached hydrogens (tertiary/aromatic N) is 3. The van der Waals surface area contributed by atoms with Crippen LogP contribution < -0.4 is 10.6 Å². The Hall–Kier alpha value is -2.96. The molecule has 2 aromatic rings. The zero-order valence-corrected chi connectivity index (χ0v) is 14.8. The normalized spacial score (nSPS) is 15.7. The summed E-state index contributed by atoms with van der Waals surface area (Å²) >= 11 is 0. The van der Waals surface area contributed by atoms with Gasteiger partial charge in [-0.15, -0.1) is 0 Å². The first kappa shape index (κ1) is 16.9. The van der Waals surface area contributed by atoms with Crippen LogP contribution in [0.5, 0.6) is 0 Å². The summed E-state index contributed by atoms with van der Waals surface area (Å²) in [6.45, 7) is 7.85. The van der Waals surface area contributed by atoms with Crippen molar-refractivity contribution in [3.8, 4) is 0 Å². The predicted molar refractivity (Wildman–Crippen MR) is 97.1 cm³/mol. The van der Waals surface area contributed by atoms with Crippen LogP contribution in [0.25, 0.3) is 0 Å². The fourth-order valence-electron chi connectivity index (χ4n) is 2.67. The Morgan fingerprint density at radius 3 is 2.84 bits per heavy atom. The predicted octanol–water partition coefficient (Wildman–Crippen LogP) is 2.90. The van der Waals surface area contributed by atoms with Gasteiger partial charge in [0.2, 0.25) is 5.95 Å². The average molecular weight is 339 g/mol. The Balaban J connectivity index is 1.78. The molecule has 130 valence electrons. The first-order valence-electron chi connectivity index (χ1n) is 8.17. The quantitative estimate of drug-likeness (QED) is 0.833. The maximum atomic E-state index is 11.8. The van der Waals surface area contributed by atoms with Crippen molar-refractivity contribution in [3.63, 3.8) is 0 Å². The Kier molecular flexibility index (Phi) is 4.65. The Labute approximate surface area is 146 Å². The molecule has 0 aliphatic carbocycles. The van der Waals surface area contributed by atoms with Gasteiger partial charge < -0.3 is 15.4 Å². The highest BCUT2D eigenvalue weighted by atomic mass is 16.5. The molecule has 0 radical (unpaired) electrons. The zero-order chi connectivity index (χ0) is 18.0. The minimum absolute atomic E-state index is 0.317. The lowest BCUT2D eigenvalue weighted by atomic mass is 10.0. The summed E-state index contributed by atoms with van der Waals surface area (Å²) in [5, 5.41) is 6.46. The van der Waals surface area contributed by atoms with Crippen molar-refractivity contribution >= 4 is 23.3 Å². The van der Waals surface area contributed by atoms with Gasteiger partial charge in [0.1, 0.15) is 0 Å². The molecule has 3 rings (SSSR count). The van der Waals surface area contributed by atoms with Crippen molar-refractivity contribution in [3.05, 3.63) is 46.8 Å². The molecular formula is C18H21N5O2. The fourth-order valence-corrected chi connectivity index (χ4v) is 2.67. The van der Waals surface area contributed by atoms with E-state index in [0.717, 1.165) is 17.0 Å². The molecule has 0 spiro atoms. The van der Waals surface area contributed by atoms with Crippen molar-refractivity contribution in [2.45, 2.75) is 34.0 Å². The maximum Gasteiger partial charge on any atom is 0.341 e. The molecular weight excluding hydrogens is 318 g/mol. The molecule has 1 aromatic heterocycles. The molecule has 0 amide bonds. The lowest BCUT2D eigenvalue weighted by molar-refractivity contribution is 0.0524. The van der Waals surface area contributed by atoms with E-state index >= 15 is 0 Å². The summed E-state index contributed by atoms with van der Waals surface area (Å²) in [6.07, 6.45) is 1.10. The van der Waals surface area contributed by atoms with Gasteiger partial charge in [-0.1, -0.05) is 12.1 Å². The average Bonchev–Trinajstić information content (AvgIpc) is 2.54. The van der Waals surface area contributed by atoms with E-state index in [9.17, 15) is 4.79 Å². The number of carbonyl (C=O) groups excluding carboxylic acids is 1. The lowest BCUT2D eigenvalue weighted by Crippen LogP contribution is -2.32. The van der Waals surface area contributed by atoms with E-state index in [1.54, 1.807) is 13.8 Å². The monoisotopic (exact) mass is 339 g/mol. The molecule has 25 heavy (non-hydrogen) atoms. The highest BCUT2D eigenvalue weighted by Crippen LogP contribution is 2.24. The van der Waals surface area contributed by atoms with Crippen LogP contribution in [0.3, 0.4) is 0 Å². The molecule has 7 nitrogen and oxygen atoms in total. The van der Waals surface area contributed by atoms with Gasteiger partial charge in [0.25, 0.3) is 0 Å².